The Bertz CT molecular complexity index is 878. The predicted molar refractivity (Wildman–Crippen MR) is 122 cm³/mol. The summed E-state index contributed by atoms with van der Waals surface area (Å²) >= 11 is 3.36. The van der Waals surface area contributed by atoms with Crippen molar-refractivity contribution in [2.45, 2.75) is 57.7 Å². The van der Waals surface area contributed by atoms with Crippen LogP contribution in [0.15, 0.2) is 28.7 Å². The van der Waals surface area contributed by atoms with Crippen LogP contribution in [0.25, 0.3) is 0 Å². The third kappa shape index (κ3) is 5.40. The molecule has 0 saturated carbocycles. The first kappa shape index (κ1) is 24.0. The van der Waals surface area contributed by atoms with Gasteiger partial charge in [-0.3, -0.25) is 14.4 Å². The van der Waals surface area contributed by atoms with E-state index in [1.165, 1.54) is 0 Å². The zero-order chi connectivity index (χ0) is 23.4. The fourth-order valence-corrected chi connectivity index (χ4v) is 4.60. The van der Waals surface area contributed by atoms with Gasteiger partial charge in [-0.2, -0.15) is 0 Å². The molecule has 2 aliphatic rings. The molecular weight excluding hydrogens is 480 g/mol. The van der Waals surface area contributed by atoms with Gasteiger partial charge in [0.25, 0.3) is 0 Å². The molecule has 1 aromatic rings. The Kier molecular flexibility index (Phi) is 7.76. The average Bonchev–Trinajstić information content (AvgIpc) is 3.43. The van der Waals surface area contributed by atoms with Crippen LogP contribution in [0.5, 0.6) is 0 Å². The number of amides is 4. The van der Waals surface area contributed by atoms with Crippen molar-refractivity contribution in [3.8, 4) is 0 Å². The van der Waals surface area contributed by atoms with Crippen molar-refractivity contribution in [2.24, 2.45) is 5.92 Å². The molecule has 174 valence electrons. The number of rotatable bonds is 6. The molecule has 1 unspecified atom stereocenters. The Morgan fingerprint density at radius 2 is 1.59 bits per heavy atom. The van der Waals surface area contributed by atoms with Crippen LogP contribution < -0.4 is 10.6 Å². The van der Waals surface area contributed by atoms with Gasteiger partial charge in [-0.15, -0.1) is 0 Å². The molecule has 0 aliphatic carbocycles. The highest BCUT2D eigenvalue weighted by Gasteiger charge is 2.43. The summed E-state index contributed by atoms with van der Waals surface area (Å²) in [7, 11) is 0. The molecule has 3 rings (SSSR count). The maximum Gasteiger partial charge on any atom is 0.404 e. The van der Waals surface area contributed by atoms with Gasteiger partial charge in [-0.1, -0.05) is 22.9 Å². The van der Waals surface area contributed by atoms with Crippen molar-refractivity contribution in [2.75, 3.05) is 18.4 Å². The number of nitrogens with one attached hydrogen (secondary N) is 2. The Labute approximate surface area is 195 Å². The smallest absolute Gasteiger partial charge is 0.404 e. The fourth-order valence-electron chi connectivity index (χ4n) is 4.34. The average molecular weight is 509 g/mol. The molecule has 3 N–H and O–H groups in total. The molecular formula is C22H29BrN4O5. The van der Waals surface area contributed by atoms with Crippen molar-refractivity contribution >= 4 is 45.4 Å². The summed E-state index contributed by atoms with van der Waals surface area (Å²) in [6.45, 7) is 4.21. The number of likely N-dealkylation sites (tertiary alicyclic amines) is 2. The van der Waals surface area contributed by atoms with Crippen LogP contribution in [-0.4, -0.2) is 69.9 Å². The standard InChI is InChI=1S/C22H29BrN4O5/c1-13(14(2)24-22(31)32)20(29)27-12-4-6-18(27)21(30)26-11-3-5-17(26)19(28)25-16-9-7-15(23)8-10-16/h7-10,13-14,17-18,24H,3-6,11-12H2,1-2H3,(H,25,28)(H,31,32)/t13-,14?,17-,18-/m0/s1. The normalized spacial score (nSPS) is 22.3. The summed E-state index contributed by atoms with van der Waals surface area (Å²) in [5, 5.41) is 14.1. The van der Waals surface area contributed by atoms with Gasteiger partial charge in [-0.05, 0) is 56.9 Å². The van der Waals surface area contributed by atoms with E-state index in [1.807, 2.05) is 12.1 Å². The number of halogens is 1. The van der Waals surface area contributed by atoms with Crippen LogP contribution in [0.4, 0.5) is 10.5 Å². The lowest BCUT2D eigenvalue weighted by molar-refractivity contribution is -0.147. The van der Waals surface area contributed by atoms with Crippen LogP contribution in [0.3, 0.4) is 0 Å². The second-order valence-electron chi connectivity index (χ2n) is 8.40. The summed E-state index contributed by atoms with van der Waals surface area (Å²) < 4.78 is 0.904. The zero-order valence-corrected chi connectivity index (χ0v) is 19.8. The van der Waals surface area contributed by atoms with Crippen LogP contribution >= 0.6 is 15.9 Å². The van der Waals surface area contributed by atoms with Gasteiger partial charge in [-0.25, -0.2) is 4.79 Å². The molecule has 1 aromatic carbocycles. The molecule has 2 aliphatic heterocycles. The van der Waals surface area contributed by atoms with Gasteiger partial charge in [0, 0.05) is 29.3 Å². The molecule has 2 saturated heterocycles. The van der Waals surface area contributed by atoms with Crippen LogP contribution in [0, 0.1) is 5.92 Å². The van der Waals surface area contributed by atoms with Gasteiger partial charge < -0.3 is 25.5 Å². The van der Waals surface area contributed by atoms with Gasteiger partial charge in [0.1, 0.15) is 12.1 Å². The molecule has 2 heterocycles. The highest BCUT2D eigenvalue weighted by Crippen LogP contribution is 2.27. The van der Waals surface area contributed by atoms with Crippen molar-refractivity contribution in [1.29, 1.82) is 0 Å². The molecule has 10 heteroatoms. The molecule has 9 nitrogen and oxygen atoms in total. The quantitative estimate of drug-likeness (QED) is 0.545. The van der Waals surface area contributed by atoms with E-state index in [4.69, 9.17) is 5.11 Å². The Morgan fingerprint density at radius 1 is 1.00 bits per heavy atom. The third-order valence-corrected chi connectivity index (χ3v) is 6.79. The topological polar surface area (TPSA) is 119 Å². The molecule has 0 spiro atoms. The number of nitrogens with zero attached hydrogens (tertiary/aromatic N) is 2. The van der Waals surface area contributed by atoms with Crippen LogP contribution in [-0.2, 0) is 14.4 Å². The van der Waals surface area contributed by atoms with E-state index in [-0.39, 0.29) is 17.7 Å². The first-order valence-electron chi connectivity index (χ1n) is 10.9. The summed E-state index contributed by atoms with van der Waals surface area (Å²) in [5.41, 5.74) is 0.656. The summed E-state index contributed by atoms with van der Waals surface area (Å²) in [5.74, 6) is -1.30. The molecule has 32 heavy (non-hydrogen) atoms. The van der Waals surface area contributed by atoms with Gasteiger partial charge >= 0.3 is 6.09 Å². The van der Waals surface area contributed by atoms with E-state index >= 15 is 0 Å². The van der Waals surface area contributed by atoms with E-state index in [0.717, 1.165) is 10.9 Å². The number of benzene rings is 1. The summed E-state index contributed by atoms with van der Waals surface area (Å²) in [6.07, 6.45) is 1.34. The molecule has 2 fully saturated rings. The fraction of sp³-hybridized carbons (Fsp3) is 0.545. The first-order chi connectivity index (χ1) is 15.2. The molecule has 0 bridgehead atoms. The minimum atomic E-state index is -1.19. The van der Waals surface area contributed by atoms with Gasteiger partial charge in [0.05, 0.1) is 5.92 Å². The zero-order valence-electron chi connectivity index (χ0n) is 18.2. The Hall–Kier alpha value is -2.62. The van der Waals surface area contributed by atoms with Crippen molar-refractivity contribution in [1.82, 2.24) is 15.1 Å². The minimum Gasteiger partial charge on any atom is -0.465 e. The number of hydrogen-bond acceptors (Lipinski definition) is 4. The number of hydrogen-bond donors (Lipinski definition) is 3. The van der Waals surface area contributed by atoms with E-state index in [2.05, 4.69) is 26.6 Å². The highest BCUT2D eigenvalue weighted by atomic mass is 79.9. The third-order valence-electron chi connectivity index (χ3n) is 6.26. The second-order valence-corrected chi connectivity index (χ2v) is 9.32. The second kappa shape index (κ2) is 10.3. The van der Waals surface area contributed by atoms with Crippen LogP contribution in [0.1, 0.15) is 39.5 Å². The SMILES string of the molecule is CC(NC(=O)O)[C@H](C)C(=O)N1CCC[C@H]1C(=O)N1CCC[C@H]1C(=O)Nc1ccc(Br)cc1. The van der Waals surface area contributed by atoms with Crippen molar-refractivity contribution < 1.29 is 24.3 Å². The number of carboxylic acid groups (broad SMARTS) is 1. The van der Waals surface area contributed by atoms with E-state index in [0.29, 0.717) is 38.0 Å². The lowest BCUT2D eigenvalue weighted by Crippen LogP contribution is -2.54. The lowest BCUT2D eigenvalue weighted by atomic mass is 10.0. The summed E-state index contributed by atoms with van der Waals surface area (Å²) in [4.78, 5) is 53.3. The molecule has 4 amide bonds. The first-order valence-corrected chi connectivity index (χ1v) is 11.6. The van der Waals surface area contributed by atoms with Gasteiger partial charge in [0.2, 0.25) is 17.7 Å². The Morgan fingerprint density at radius 3 is 2.22 bits per heavy atom. The lowest BCUT2D eigenvalue weighted by Gasteiger charge is -2.33. The Balaban J connectivity index is 1.67. The van der Waals surface area contributed by atoms with E-state index in [9.17, 15) is 19.2 Å². The van der Waals surface area contributed by atoms with Crippen LogP contribution in [0.2, 0.25) is 0 Å². The monoisotopic (exact) mass is 508 g/mol. The van der Waals surface area contributed by atoms with Crippen molar-refractivity contribution in [3.63, 3.8) is 0 Å². The van der Waals surface area contributed by atoms with E-state index in [1.54, 1.807) is 35.8 Å². The summed E-state index contributed by atoms with van der Waals surface area (Å²) in [6, 6.07) is 5.46. The molecule has 4 atom stereocenters. The number of carbonyl (C=O) groups excluding carboxylic acids is 3. The maximum atomic E-state index is 13.4. The highest BCUT2D eigenvalue weighted by molar-refractivity contribution is 9.10. The molecule has 0 aromatic heterocycles. The van der Waals surface area contributed by atoms with Gasteiger partial charge in [0.15, 0.2) is 0 Å². The number of anilines is 1. The largest absolute Gasteiger partial charge is 0.465 e. The molecule has 0 radical (unpaired) electrons. The predicted octanol–water partition coefficient (Wildman–Crippen LogP) is 2.66. The number of carbonyl (C=O) groups is 4. The van der Waals surface area contributed by atoms with E-state index < -0.39 is 30.1 Å². The maximum absolute atomic E-state index is 13.4. The van der Waals surface area contributed by atoms with Crippen molar-refractivity contribution in [3.05, 3.63) is 28.7 Å². The minimum absolute atomic E-state index is 0.213.